The zero-order valence-corrected chi connectivity index (χ0v) is 12.5. The van der Waals surface area contributed by atoms with E-state index in [4.69, 9.17) is 11.6 Å². The number of nitrogens with one attached hydrogen (secondary N) is 1. The van der Waals surface area contributed by atoms with Crippen LogP contribution in [0, 0.1) is 6.92 Å². The predicted molar refractivity (Wildman–Crippen MR) is 79.4 cm³/mol. The Kier molecular flexibility index (Phi) is 3.50. The third kappa shape index (κ3) is 2.69. The van der Waals surface area contributed by atoms with Gasteiger partial charge in [0, 0.05) is 19.7 Å². The van der Waals surface area contributed by atoms with Gasteiger partial charge in [-0.1, -0.05) is 11.6 Å². The fourth-order valence-corrected chi connectivity index (χ4v) is 2.63. The summed E-state index contributed by atoms with van der Waals surface area (Å²) in [4.78, 5) is 22.3. The van der Waals surface area contributed by atoms with Crippen molar-refractivity contribution in [1.82, 2.24) is 19.7 Å². The molecule has 3 heterocycles. The van der Waals surface area contributed by atoms with Crippen LogP contribution in [-0.4, -0.2) is 38.2 Å². The van der Waals surface area contributed by atoms with Gasteiger partial charge in [0.15, 0.2) is 0 Å². The smallest absolute Gasteiger partial charge is 0.250 e. The van der Waals surface area contributed by atoms with Gasteiger partial charge in [0.1, 0.15) is 22.8 Å². The van der Waals surface area contributed by atoms with Crippen molar-refractivity contribution in [3.8, 4) is 0 Å². The van der Waals surface area contributed by atoms with Crippen molar-refractivity contribution in [2.24, 2.45) is 7.05 Å². The molecule has 1 aliphatic rings. The number of halogens is 1. The minimum absolute atomic E-state index is 0.000208. The van der Waals surface area contributed by atoms with E-state index in [-0.39, 0.29) is 11.9 Å². The topological polar surface area (TPSA) is 75.9 Å². The number of amides is 1. The van der Waals surface area contributed by atoms with Gasteiger partial charge in [-0.3, -0.25) is 19.4 Å². The lowest BCUT2D eigenvalue weighted by Gasteiger charge is -2.17. The summed E-state index contributed by atoms with van der Waals surface area (Å²) in [5, 5.41) is 7.65. The van der Waals surface area contributed by atoms with Crippen molar-refractivity contribution in [2.75, 3.05) is 16.8 Å². The molecule has 2 aromatic heterocycles. The van der Waals surface area contributed by atoms with Gasteiger partial charge >= 0.3 is 0 Å². The van der Waals surface area contributed by atoms with E-state index in [1.54, 1.807) is 15.8 Å². The van der Waals surface area contributed by atoms with Gasteiger partial charge in [-0.2, -0.15) is 5.10 Å². The number of rotatable bonds is 3. The molecule has 0 bridgehead atoms. The summed E-state index contributed by atoms with van der Waals surface area (Å²) in [6.07, 6.45) is 3.70. The number of hydrogen-bond donors (Lipinski definition) is 1. The molecule has 110 valence electrons. The van der Waals surface area contributed by atoms with Crippen LogP contribution in [0.4, 0.5) is 11.6 Å². The highest BCUT2D eigenvalue weighted by Crippen LogP contribution is 2.23. The number of nitrogens with zero attached hydrogens (tertiary/aromatic N) is 5. The molecule has 0 spiro atoms. The van der Waals surface area contributed by atoms with Crippen LogP contribution in [0.3, 0.4) is 0 Å². The number of hydrogen-bond acceptors (Lipinski definition) is 5. The molecular formula is C13H15ClN6O. The Labute approximate surface area is 126 Å². The molecule has 1 atom stereocenters. The maximum Gasteiger partial charge on any atom is 0.250 e. The molecule has 0 aromatic carbocycles. The highest BCUT2D eigenvalue weighted by atomic mass is 35.5. The first-order valence-corrected chi connectivity index (χ1v) is 6.98. The maximum absolute atomic E-state index is 12.5. The van der Waals surface area contributed by atoms with E-state index in [2.05, 4.69) is 20.4 Å². The van der Waals surface area contributed by atoms with E-state index < -0.39 is 0 Å². The summed E-state index contributed by atoms with van der Waals surface area (Å²) in [5.74, 6) is 1.31. The summed E-state index contributed by atoms with van der Waals surface area (Å²) in [6, 6.07) is 1.58. The van der Waals surface area contributed by atoms with Gasteiger partial charge in [0.05, 0.1) is 18.1 Å². The molecule has 1 saturated heterocycles. The molecule has 1 aliphatic heterocycles. The van der Waals surface area contributed by atoms with E-state index >= 15 is 0 Å². The molecule has 1 unspecified atom stereocenters. The Hall–Kier alpha value is -2.15. The summed E-state index contributed by atoms with van der Waals surface area (Å²) in [6.45, 7) is 2.55. The van der Waals surface area contributed by atoms with Crippen LogP contribution < -0.4 is 10.2 Å². The zero-order valence-electron chi connectivity index (χ0n) is 11.7. The average molecular weight is 307 g/mol. The Balaban J connectivity index is 1.76. The average Bonchev–Trinajstić information content (AvgIpc) is 2.93. The standard InChI is InChI=1S/C13H15ClN6O/c1-8-5-12(19(2)18-8)20-4-3-9(13(20)21)16-11-7-15-6-10(14)17-11/h5-7,9H,3-4H2,1-2H3,(H,16,17). The van der Waals surface area contributed by atoms with Crippen LogP contribution in [0.25, 0.3) is 0 Å². The van der Waals surface area contributed by atoms with E-state index in [9.17, 15) is 4.79 Å². The third-order valence-corrected chi connectivity index (χ3v) is 3.57. The summed E-state index contributed by atoms with van der Waals surface area (Å²) < 4.78 is 1.72. The Bertz CT molecular complexity index is 685. The van der Waals surface area contributed by atoms with Crippen LogP contribution >= 0.6 is 11.6 Å². The Morgan fingerprint density at radius 3 is 2.90 bits per heavy atom. The van der Waals surface area contributed by atoms with Crippen molar-refractivity contribution in [2.45, 2.75) is 19.4 Å². The largest absolute Gasteiger partial charge is 0.357 e. The van der Waals surface area contributed by atoms with Crippen molar-refractivity contribution in [3.05, 3.63) is 29.3 Å². The summed E-state index contributed by atoms with van der Waals surface area (Å²) in [7, 11) is 1.83. The first kappa shape index (κ1) is 13.8. The van der Waals surface area contributed by atoms with Gasteiger partial charge in [-0.25, -0.2) is 4.98 Å². The molecule has 1 N–H and O–H groups in total. The number of carbonyl (C=O) groups excluding carboxylic acids is 1. The van der Waals surface area contributed by atoms with Crippen LogP contribution in [0.2, 0.25) is 5.15 Å². The molecule has 1 amide bonds. The van der Waals surface area contributed by atoms with Crippen LogP contribution in [0.5, 0.6) is 0 Å². The van der Waals surface area contributed by atoms with Crippen molar-refractivity contribution >= 4 is 29.1 Å². The summed E-state index contributed by atoms with van der Waals surface area (Å²) in [5.41, 5.74) is 0.886. The first-order valence-electron chi connectivity index (χ1n) is 6.60. The molecule has 0 saturated carbocycles. The second kappa shape index (κ2) is 5.33. The molecular weight excluding hydrogens is 292 g/mol. The lowest BCUT2D eigenvalue weighted by atomic mass is 10.2. The highest BCUT2D eigenvalue weighted by molar-refractivity contribution is 6.29. The van der Waals surface area contributed by atoms with Gasteiger partial charge in [0.2, 0.25) is 0 Å². The molecule has 7 nitrogen and oxygen atoms in total. The predicted octanol–water partition coefficient (Wildman–Crippen LogP) is 1.39. The van der Waals surface area contributed by atoms with Crippen LogP contribution in [0.15, 0.2) is 18.5 Å². The zero-order chi connectivity index (χ0) is 15.0. The Morgan fingerprint density at radius 2 is 2.24 bits per heavy atom. The van der Waals surface area contributed by atoms with E-state index in [0.29, 0.717) is 23.9 Å². The number of anilines is 2. The van der Waals surface area contributed by atoms with E-state index in [1.165, 1.54) is 6.20 Å². The van der Waals surface area contributed by atoms with Crippen LogP contribution in [0.1, 0.15) is 12.1 Å². The van der Waals surface area contributed by atoms with Crippen molar-refractivity contribution in [1.29, 1.82) is 0 Å². The lowest BCUT2D eigenvalue weighted by Crippen LogP contribution is -2.34. The minimum Gasteiger partial charge on any atom is -0.357 e. The lowest BCUT2D eigenvalue weighted by molar-refractivity contribution is -0.117. The SMILES string of the molecule is Cc1cc(N2CCC(Nc3cncc(Cl)n3)C2=O)n(C)n1. The quantitative estimate of drug-likeness (QED) is 0.927. The van der Waals surface area contributed by atoms with Gasteiger partial charge in [0.25, 0.3) is 5.91 Å². The minimum atomic E-state index is -0.326. The number of aryl methyl sites for hydroxylation is 2. The molecule has 21 heavy (non-hydrogen) atoms. The van der Waals surface area contributed by atoms with Crippen molar-refractivity contribution < 1.29 is 4.79 Å². The monoisotopic (exact) mass is 306 g/mol. The molecule has 0 aliphatic carbocycles. The normalized spacial score (nSPS) is 18.3. The molecule has 3 rings (SSSR count). The fourth-order valence-electron chi connectivity index (χ4n) is 2.48. The van der Waals surface area contributed by atoms with Gasteiger partial charge in [-0.05, 0) is 13.3 Å². The number of aromatic nitrogens is 4. The highest BCUT2D eigenvalue weighted by Gasteiger charge is 2.34. The molecule has 8 heteroatoms. The maximum atomic E-state index is 12.5. The van der Waals surface area contributed by atoms with Gasteiger partial charge < -0.3 is 5.32 Å². The number of carbonyl (C=O) groups is 1. The molecule has 0 radical (unpaired) electrons. The van der Waals surface area contributed by atoms with E-state index in [1.807, 2.05) is 20.0 Å². The first-order chi connectivity index (χ1) is 10.0. The van der Waals surface area contributed by atoms with E-state index in [0.717, 1.165) is 11.5 Å². The second-order valence-electron chi connectivity index (χ2n) is 4.97. The third-order valence-electron chi connectivity index (χ3n) is 3.39. The summed E-state index contributed by atoms with van der Waals surface area (Å²) >= 11 is 5.79. The van der Waals surface area contributed by atoms with Gasteiger partial charge in [-0.15, -0.1) is 0 Å². The molecule has 1 fully saturated rings. The Morgan fingerprint density at radius 1 is 1.43 bits per heavy atom. The molecule has 2 aromatic rings. The second-order valence-corrected chi connectivity index (χ2v) is 5.36. The fraction of sp³-hybridized carbons (Fsp3) is 0.385. The van der Waals surface area contributed by atoms with Crippen molar-refractivity contribution in [3.63, 3.8) is 0 Å². The van der Waals surface area contributed by atoms with Crippen LogP contribution in [-0.2, 0) is 11.8 Å².